The molecule has 4 nitrogen and oxygen atoms in total. The molecular formula is C15H28N2O2. The molecule has 1 saturated heterocycles. The van der Waals surface area contributed by atoms with Crippen molar-refractivity contribution < 1.29 is 9.53 Å². The number of carbonyl (C=O) groups is 1. The maximum absolute atomic E-state index is 11.5. The van der Waals surface area contributed by atoms with Crippen LogP contribution in [-0.2, 0) is 9.53 Å². The van der Waals surface area contributed by atoms with Gasteiger partial charge in [0.2, 0.25) is 0 Å². The predicted molar refractivity (Wildman–Crippen MR) is 76.0 cm³/mol. The molecule has 0 radical (unpaired) electrons. The molecule has 0 amide bonds. The van der Waals surface area contributed by atoms with E-state index >= 15 is 0 Å². The van der Waals surface area contributed by atoms with E-state index < -0.39 is 0 Å². The van der Waals surface area contributed by atoms with Gasteiger partial charge in [-0.3, -0.25) is 4.79 Å². The fourth-order valence-corrected chi connectivity index (χ4v) is 3.14. The minimum atomic E-state index is -0.0680. The number of carbonyl (C=O) groups excluding carboxylic acids is 1. The van der Waals surface area contributed by atoms with Gasteiger partial charge in [0, 0.05) is 38.1 Å². The van der Waals surface area contributed by atoms with E-state index in [-0.39, 0.29) is 5.97 Å². The molecule has 110 valence electrons. The number of esters is 1. The van der Waals surface area contributed by atoms with E-state index in [1.807, 2.05) is 0 Å². The molecule has 0 bridgehead atoms. The average molecular weight is 268 g/mol. The molecule has 0 aromatic heterocycles. The lowest BCUT2D eigenvalue weighted by Gasteiger charge is -2.38. The molecule has 2 rings (SSSR count). The minimum absolute atomic E-state index is 0.0680. The molecule has 2 aliphatic rings. The van der Waals surface area contributed by atoms with Crippen molar-refractivity contribution in [2.75, 3.05) is 26.7 Å². The summed E-state index contributed by atoms with van der Waals surface area (Å²) >= 11 is 0. The van der Waals surface area contributed by atoms with Crippen molar-refractivity contribution in [3.8, 4) is 0 Å². The van der Waals surface area contributed by atoms with Gasteiger partial charge in [0.15, 0.2) is 0 Å². The lowest BCUT2D eigenvalue weighted by molar-refractivity contribution is -0.142. The summed E-state index contributed by atoms with van der Waals surface area (Å²) in [6.07, 6.45) is 4.32. The maximum Gasteiger partial charge on any atom is 0.305 e. The molecule has 4 heteroatoms. The second-order valence-corrected chi connectivity index (χ2v) is 6.63. The van der Waals surface area contributed by atoms with E-state index in [0.29, 0.717) is 24.3 Å². The van der Waals surface area contributed by atoms with Crippen LogP contribution in [0.25, 0.3) is 0 Å². The number of hydrogen-bond donors (Lipinski definition) is 1. The Balaban J connectivity index is 1.88. The van der Waals surface area contributed by atoms with Gasteiger partial charge in [-0.2, -0.15) is 0 Å². The number of ether oxygens (including phenoxy) is 1. The summed E-state index contributed by atoms with van der Waals surface area (Å²) in [5, 5.41) is 3.72. The van der Waals surface area contributed by atoms with Crippen LogP contribution in [0.3, 0.4) is 0 Å². The highest BCUT2D eigenvalue weighted by atomic mass is 16.5. The van der Waals surface area contributed by atoms with Crippen LogP contribution in [0.1, 0.15) is 39.5 Å². The third-order valence-electron chi connectivity index (χ3n) is 3.97. The Morgan fingerprint density at radius 1 is 1.32 bits per heavy atom. The Kier molecular flexibility index (Phi) is 5.22. The molecule has 1 aliphatic heterocycles. The van der Waals surface area contributed by atoms with E-state index in [0.717, 1.165) is 32.1 Å². The van der Waals surface area contributed by atoms with Crippen molar-refractivity contribution in [2.45, 2.75) is 51.6 Å². The van der Waals surface area contributed by atoms with Gasteiger partial charge in [-0.1, -0.05) is 13.8 Å². The minimum Gasteiger partial charge on any atom is -0.469 e. The summed E-state index contributed by atoms with van der Waals surface area (Å²) < 4.78 is 4.82. The van der Waals surface area contributed by atoms with Crippen LogP contribution < -0.4 is 5.32 Å². The van der Waals surface area contributed by atoms with Crippen LogP contribution in [0, 0.1) is 11.8 Å². The molecule has 0 spiro atoms. The van der Waals surface area contributed by atoms with Crippen molar-refractivity contribution in [3.63, 3.8) is 0 Å². The fraction of sp³-hybridized carbons (Fsp3) is 0.933. The number of rotatable bonds is 6. The monoisotopic (exact) mass is 268 g/mol. The standard InChI is InChI=1S/C15H28N2O2/c1-11(2)8-17-9-12(7-15(18)19-3)6-14(10-17)16-13-4-5-13/h11-14,16H,4-10H2,1-3H3. The first kappa shape index (κ1) is 14.8. The quantitative estimate of drug-likeness (QED) is 0.744. The fourth-order valence-electron chi connectivity index (χ4n) is 3.14. The normalized spacial score (nSPS) is 28.6. The third kappa shape index (κ3) is 5.11. The number of hydrogen-bond acceptors (Lipinski definition) is 4. The predicted octanol–water partition coefficient (Wildman–Crippen LogP) is 1.65. The van der Waals surface area contributed by atoms with Crippen molar-refractivity contribution in [3.05, 3.63) is 0 Å². The number of methoxy groups -OCH3 is 1. The summed E-state index contributed by atoms with van der Waals surface area (Å²) in [5.41, 5.74) is 0. The molecule has 19 heavy (non-hydrogen) atoms. The Bertz CT molecular complexity index is 291. The topological polar surface area (TPSA) is 41.6 Å². The van der Waals surface area contributed by atoms with E-state index in [4.69, 9.17) is 4.74 Å². The molecule has 2 atom stereocenters. The Labute approximate surface area is 116 Å². The first-order valence-corrected chi connectivity index (χ1v) is 7.62. The molecule has 1 heterocycles. The van der Waals surface area contributed by atoms with Gasteiger partial charge in [0.25, 0.3) is 0 Å². The zero-order valence-electron chi connectivity index (χ0n) is 12.5. The van der Waals surface area contributed by atoms with E-state index in [2.05, 4.69) is 24.1 Å². The van der Waals surface area contributed by atoms with Crippen LogP contribution in [0.15, 0.2) is 0 Å². The third-order valence-corrected chi connectivity index (χ3v) is 3.97. The first-order chi connectivity index (χ1) is 9.06. The number of nitrogens with zero attached hydrogens (tertiary/aromatic N) is 1. The van der Waals surface area contributed by atoms with Gasteiger partial charge < -0.3 is 15.0 Å². The molecule has 1 aliphatic carbocycles. The van der Waals surface area contributed by atoms with Crippen molar-refractivity contribution in [1.29, 1.82) is 0 Å². The van der Waals surface area contributed by atoms with Crippen LogP contribution in [0.4, 0.5) is 0 Å². The van der Waals surface area contributed by atoms with Gasteiger partial charge in [-0.05, 0) is 31.1 Å². The van der Waals surface area contributed by atoms with Crippen LogP contribution >= 0.6 is 0 Å². The lowest BCUT2D eigenvalue weighted by atomic mass is 9.91. The van der Waals surface area contributed by atoms with Gasteiger partial charge >= 0.3 is 5.97 Å². The Morgan fingerprint density at radius 2 is 2.05 bits per heavy atom. The summed E-state index contributed by atoms with van der Waals surface area (Å²) in [6.45, 7) is 7.81. The van der Waals surface area contributed by atoms with Crippen molar-refractivity contribution >= 4 is 5.97 Å². The Morgan fingerprint density at radius 3 is 2.63 bits per heavy atom. The smallest absolute Gasteiger partial charge is 0.305 e. The van der Waals surface area contributed by atoms with Gasteiger partial charge in [0.05, 0.1) is 7.11 Å². The van der Waals surface area contributed by atoms with Crippen LogP contribution in [0.5, 0.6) is 0 Å². The SMILES string of the molecule is COC(=O)CC1CC(NC2CC2)CN(CC(C)C)C1. The summed E-state index contributed by atoms with van der Waals surface area (Å²) in [6, 6.07) is 1.29. The highest BCUT2D eigenvalue weighted by Crippen LogP contribution is 2.25. The number of nitrogens with one attached hydrogen (secondary N) is 1. The van der Waals surface area contributed by atoms with Gasteiger partial charge in [-0.15, -0.1) is 0 Å². The zero-order chi connectivity index (χ0) is 13.8. The van der Waals surface area contributed by atoms with Crippen LogP contribution in [-0.4, -0.2) is 49.7 Å². The maximum atomic E-state index is 11.5. The molecule has 2 fully saturated rings. The van der Waals surface area contributed by atoms with Crippen molar-refractivity contribution in [1.82, 2.24) is 10.2 Å². The van der Waals surface area contributed by atoms with Gasteiger partial charge in [-0.25, -0.2) is 0 Å². The summed E-state index contributed by atoms with van der Waals surface area (Å²) in [7, 11) is 1.48. The zero-order valence-corrected chi connectivity index (χ0v) is 12.5. The van der Waals surface area contributed by atoms with E-state index in [9.17, 15) is 4.79 Å². The molecule has 0 aromatic carbocycles. The van der Waals surface area contributed by atoms with E-state index in [1.54, 1.807) is 0 Å². The molecule has 1 N–H and O–H groups in total. The molecule has 1 saturated carbocycles. The highest BCUT2D eigenvalue weighted by molar-refractivity contribution is 5.69. The second-order valence-electron chi connectivity index (χ2n) is 6.63. The highest BCUT2D eigenvalue weighted by Gasteiger charge is 2.32. The summed E-state index contributed by atoms with van der Waals surface area (Å²) in [4.78, 5) is 14.0. The number of likely N-dealkylation sites (tertiary alicyclic amines) is 1. The number of piperidine rings is 1. The van der Waals surface area contributed by atoms with Gasteiger partial charge in [0.1, 0.15) is 0 Å². The lowest BCUT2D eigenvalue weighted by Crippen LogP contribution is -2.51. The summed E-state index contributed by atoms with van der Waals surface area (Å²) in [5.74, 6) is 1.05. The molecule has 2 unspecified atom stereocenters. The largest absolute Gasteiger partial charge is 0.469 e. The second kappa shape index (κ2) is 6.71. The first-order valence-electron chi connectivity index (χ1n) is 7.62. The Hall–Kier alpha value is -0.610. The average Bonchev–Trinajstić information content (AvgIpc) is 3.11. The molecular weight excluding hydrogens is 240 g/mol. The van der Waals surface area contributed by atoms with Crippen molar-refractivity contribution in [2.24, 2.45) is 11.8 Å². The van der Waals surface area contributed by atoms with Crippen LogP contribution in [0.2, 0.25) is 0 Å². The van der Waals surface area contributed by atoms with E-state index in [1.165, 1.54) is 20.0 Å². The molecule has 0 aromatic rings.